The molecule has 0 saturated carbocycles. The third-order valence-corrected chi connectivity index (χ3v) is 3.34. The number of aromatic nitrogens is 2. The van der Waals surface area contributed by atoms with Crippen LogP contribution in [0.5, 0.6) is 0 Å². The normalized spacial score (nSPS) is 9.71. The maximum Gasteiger partial charge on any atom is 0.138 e. The molecular weight excluding hydrogens is 262 g/mol. The van der Waals surface area contributed by atoms with Gasteiger partial charge in [-0.15, -0.1) is 0 Å². The topological polar surface area (TPSA) is 49.6 Å². The van der Waals surface area contributed by atoms with Gasteiger partial charge in [0.25, 0.3) is 0 Å². The van der Waals surface area contributed by atoms with E-state index >= 15 is 0 Å². The van der Waals surface area contributed by atoms with Gasteiger partial charge < -0.3 is 0 Å². The molecule has 0 unspecified atom stereocenters. The first-order chi connectivity index (χ1) is 6.83. The summed E-state index contributed by atoms with van der Waals surface area (Å²) in [5, 5.41) is 8.91. The summed E-state index contributed by atoms with van der Waals surface area (Å²) in [5.41, 5.74) is 1.33. The van der Waals surface area contributed by atoms with Crippen LogP contribution in [0.15, 0.2) is 29.0 Å². The first kappa shape index (κ1) is 9.31. The van der Waals surface area contributed by atoms with E-state index in [4.69, 9.17) is 5.26 Å². The fraction of sp³-hybridized carbons (Fsp3) is 0. The molecule has 0 bridgehead atoms. The number of rotatable bonds is 1. The maximum absolute atomic E-state index is 8.91. The number of halogens is 1. The Kier molecular flexibility index (Phi) is 2.57. The van der Waals surface area contributed by atoms with E-state index in [9.17, 15) is 0 Å². The van der Waals surface area contributed by atoms with Crippen LogP contribution in [0.25, 0.3) is 10.6 Å². The van der Waals surface area contributed by atoms with Crippen LogP contribution in [0, 0.1) is 11.3 Å². The predicted octanol–water partition coefficient (Wildman–Crippen LogP) is 2.84. The van der Waals surface area contributed by atoms with Crippen molar-refractivity contribution >= 4 is 27.5 Å². The van der Waals surface area contributed by atoms with Gasteiger partial charge >= 0.3 is 0 Å². The molecule has 0 atom stereocenters. The molecule has 3 nitrogen and oxygen atoms in total. The first-order valence-electron chi connectivity index (χ1n) is 3.79. The second-order valence-corrected chi connectivity index (χ2v) is 4.03. The maximum atomic E-state index is 8.91. The zero-order valence-electron chi connectivity index (χ0n) is 6.94. The Balaban J connectivity index is 2.59. The molecule has 0 radical (unpaired) electrons. The zero-order valence-corrected chi connectivity index (χ0v) is 9.34. The van der Waals surface area contributed by atoms with Crippen molar-refractivity contribution in [3.8, 4) is 16.6 Å². The van der Waals surface area contributed by atoms with Crippen molar-refractivity contribution in [1.29, 1.82) is 5.26 Å². The molecule has 2 rings (SSSR count). The summed E-state index contributed by atoms with van der Waals surface area (Å²) in [6.07, 6.45) is 1.70. The fourth-order valence-electron chi connectivity index (χ4n) is 1.04. The van der Waals surface area contributed by atoms with E-state index in [1.807, 2.05) is 18.2 Å². The van der Waals surface area contributed by atoms with Gasteiger partial charge in [0, 0.05) is 6.20 Å². The molecule has 0 aliphatic carbocycles. The summed E-state index contributed by atoms with van der Waals surface area (Å²) in [7, 11) is 0. The van der Waals surface area contributed by atoms with Gasteiger partial charge in [0.15, 0.2) is 0 Å². The van der Waals surface area contributed by atoms with Gasteiger partial charge in [0.1, 0.15) is 16.2 Å². The second kappa shape index (κ2) is 3.86. The Morgan fingerprint density at radius 3 is 2.93 bits per heavy atom. The molecule has 0 aliphatic heterocycles. The van der Waals surface area contributed by atoms with Crippen molar-refractivity contribution in [2.24, 2.45) is 0 Å². The smallest absolute Gasteiger partial charge is 0.138 e. The van der Waals surface area contributed by atoms with Crippen LogP contribution >= 0.6 is 27.5 Å². The average Bonchev–Trinajstić information content (AvgIpc) is 2.61. The standard InChI is InChI=1S/C9H4BrN3S/c10-9-6(5-11)8(14-13-9)7-3-1-2-4-12-7/h1-4H. The van der Waals surface area contributed by atoms with Crippen molar-refractivity contribution in [2.75, 3.05) is 0 Å². The molecule has 2 aromatic rings. The van der Waals surface area contributed by atoms with Gasteiger partial charge in [-0.1, -0.05) is 6.07 Å². The van der Waals surface area contributed by atoms with Gasteiger partial charge in [-0.3, -0.25) is 4.98 Å². The molecule has 0 saturated heterocycles. The third kappa shape index (κ3) is 1.54. The molecular formula is C9H4BrN3S. The quantitative estimate of drug-likeness (QED) is 0.797. The molecule has 2 heterocycles. The highest BCUT2D eigenvalue weighted by atomic mass is 79.9. The molecule has 14 heavy (non-hydrogen) atoms. The molecule has 0 aromatic carbocycles. The second-order valence-electron chi connectivity index (χ2n) is 2.50. The minimum atomic E-state index is 0.550. The SMILES string of the molecule is N#Cc1c(Br)nsc1-c1ccccn1. The van der Waals surface area contributed by atoms with Gasteiger partial charge in [0.05, 0.1) is 10.6 Å². The van der Waals surface area contributed by atoms with Crippen molar-refractivity contribution in [3.63, 3.8) is 0 Å². The Hall–Kier alpha value is -1.25. The molecule has 0 N–H and O–H groups in total. The molecule has 0 amide bonds. The van der Waals surface area contributed by atoms with Gasteiger partial charge in [-0.05, 0) is 39.6 Å². The summed E-state index contributed by atoms with van der Waals surface area (Å²) in [4.78, 5) is 4.97. The van der Waals surface area contributed by atoms with E-state index in [1.54, 1.807) is 6.20 Å². The Labute approximate surface area is 93.3 Å². The number of hydrogen-bond donors (Lipinski definition) is 0. The summed E-state index contributed by atoms with van der Waals surface area (Å²) in [6.45, 7) is 0. The van der Waals surface area contributed by atoms with Crippen LogP contribution < -0.4 is 0 Å². The Bertz CT molecular complexity index is 487. The summed E-state index contributed by atoms with van der Waals surface area (Å²) < 4.78 is 4.65. The highest BCUT2D eigenvalue weighted by molar-refractivity contribution is 9.10. The minimum absolute atomic E-state index is 0.550. The van der Waals surface area contributed by atoms with Crippen LogP contribution in [-0.2, 0) is 0 Å². The van der Waals surface area contributed by atoms with E-state index in [2.05, 4.69) is 31.4 Å². The molecule has 5 heteroatoms. The molecule has 0 fully saturated rings. The summed E-state index contributed by atoms with van der Waals surface area (Å²) in [6, 6.07) is 7.69. The van der Waals surface area contributed by atoms with E-state index in [0.29, 0.717) is 10.2 Å². The van der Waals surface area contributed by atoms with Crippen molar-refractivity contribution in [3.05, 3.63) is 34.6 Å². The van der Waals surface area contributed by atoms with Crippen LogP contribution in [0.3, 0.4) is 0 Å². The monoisotopic (exact) mass is 265 g/mol. The van der Waals surface area contributed by atoms with Crippen molar-refractivity contribution < 1.29 is 0 Å². The Morgan fingerprint density at radius 2 is 2.29 bits per heavy atom. The lowest BCUT2D eigenvalue weighted by atomic mass is 10.2. The molecule has 0 spiro atoms. The number of pyridine rings is 1. The summed E-state index contributed by atoms with van der Waals surface area (Å²) in [5.74, 6) is 0. The predicted molar refractivity (Wildman–Crippen MR) is 57.8 cm³/mol. The van der Waals surface area contributed by atoms with Crippen LogP contribution in [0.2, 0.25) is 0 Å². The lowest BCUT2D eigenvalue weighted by molar-refractivity contribution is 1.33. The van der Waals surface area contributed by atoms with Crippen molar-refractivity contribution in [1.82, 2.24) is 9.36 Å². The average molecular weight is 266 g/mol. The highest BCUT2D eigenvalue weighted by Gasteiger charge is 2.13. The van der Waals surface area contributed by atoms with Gasteiger partial charge in [-0.25, -0.2) is 0 Å². The number of hydrogen-bond acceptors (Lipinski definition) is 4. The fourth-order valence-corrected chi connectivity index (χ4v) is 2.39. The lowest BCUT2D eigenvalue weighted by Gasteiger charge is -1.94. The van der Waals surface area contributed by atoms with E-state index in [-0.39, 0.29) is 0 Å². The summed E-state index contributed by atoms with van der Waals surface area (Å²) >= 11 is 4.50. The van der Waals surface area contributed by atoms with Crippen molar-refractivity contribution in [2.45, 2.75) is 0 Å². The van der Waals surface area contributed by atoms with Gasteiger partial charge in [-0.2, -0.15) is 9.64 Å². The highest BCUT2D eigenvalue weighted by Crippen LogP contribution is 2.30. The molecule has 2 aromatic heterocycles. The van der Waals surface area contributed by atoms with Crippen LogP contribution in [0.1, 0.15) is 5.56 Å². The van der Waals surface area contributed by atoms with E-state index < -0.39 is 0 Å². The van der Waals surface area contributed by atoms with Crippen LogP contribution in [-0.4, -0.2) is 9.36 Å². The largest absolute Gasteiger partial charge is 0.255 e. The zero-order chi connectivity index (χ0) is 9.97. The Morgan fingerprint density at radius 1 is 1.43 bits per heavy atom. The first-order valence-corrected chi connectivity index (χ1v) is 5.36. The molecule has 0 aliphatic rings. The third-order valence-electron chi connectivity index (χ3n) is 1.66. The van der Waals surface area contributed by atoms with E-state index in [1.165, 1.54) is 11.5 Å². The molecule has 68 valence electrons. The minimum Gasteiger partial charge on any atom is -0.255 e. The lowest BCUT2D eigenvalue weighted by Crippen LogP contribution is -1.81. The number of nitriles is 1. The van der Waals surface area contributed by atoms with Crippen LogP contribution in [0.4, 0.5) is 0 Å². The van der Waals surface area contributed by atoms with Gasteiger partial charge in [0.2, 0.25) is 0 Å². The van der Waals surface area contributed by atoms with E-state index in [0.717, 1.165) is 10.6 Å². The number of nitrogens with zero attached hydrogens (tertiary/aromatic N) is 3.